The van der Waals surface area contributed by atoms with Crippen molar-refractivity contribution in [2.75, 3.05) is 19.7 Å². The Morgan fingerprint density at radius 2 is 2.26 bits per heavy atom. The summed E-state index contributed by atoms with van der Waals surface area (Å²) in [6.07, 6.45) is -0.952. The molecule has 1 aliphatic heterocycles. The Labute approximate surface area is 117 Å². The van der Waals surface area contributed by atoms with Crippen LogP contribution in [0.2, 0.25) is 0 Å². The van der Waals surface area contributed by atoms with Gasteiger partial charge in [-0.2, -0.15) is 0 Å². The Bertz CT molecular complexity index is 498. The fourth-order valence-corrected chi connectivity index (χ4v) is 2.30. The van der Waals surface area contributed by atoms with E-state index >= 15 is 0 Å². The van der Waals surface area contributed by atoms with Gasteiger partial charge in [-0.3, -0.25) is 4.90 Å². The van der Waals surface area contributed by atoms with Gasteiger partial charge in [0.25, 0.3) is 0 Å². The van der Waals surface area contributed by atoms with Crippen molar-refractivity contribution in [3.05, 3.63) is 33.8 Å². The molecule has 104 valence electrons. The Balaban J connectivity index is 2.13. The Hall–Kier alpha value is -1.05. The van der Waals surface area contributed by atoms with E-state index in [1.54, 1.807) is 4.90 Å². The minimum atomic E-state index is -1.07. The number of carboxylic acid groups (broad SMARTS) is 1. The van der Waals surface area contributed by atoms with E-state index in [0.29, 0.717) is 6.54 Å². The van der Waals surface area contributed by atoms with E-state index in [4.69, 9.17) is 9.84 Å². The second-order valence-electron chi connectivity index (χ2n) is 4.25. The third kappa shape index (κ3) is 3.29. The normalized spacial score (nSPS) is 20.5. The predicted octanol–water partition coefficient (Wildman–Crippen LogP) is 2.01. The van der Waals surface area contributed by atoms with Gasteiger partial charge in [-0.25, -0.2) is 13.6 Å². The average Bonchev–Trinajstić information content (AvgIpc) is 2.39. The molecule has 1 atom stereocenters. The number of hydrogen-bond donors (Lipinski definition) is 1. The molecule has 1 aliphatic rings. The molecule has 0 radical (unpaired) electrons. The summed E-state index contributed by atoms with van der Waals surface area (Å²) in [5, 5.41) is 8.87. The molecule has 0 bridgehead atoms. The van der Waals surface area contributed by atoms with Crippen LogP contribution in [0.3, 0.4) is 0 Å². The monoisotopic (exact) mass is 335 g/mol. The highest BCUT2D eigenvalue weighted by atomic mass is 79.9. The van der Waals surface area contributed by atoms with Gasteiger partial charge in [0.15, 0.2) is 6.10 Å². The van der Waals surface area contributed by atoms with Gasteiger partial charge in [0.1, 0.15) is 11.6 Å². The van der Waals surface area contributed by atoms with Crippen molar-refractivity contribution >= 4 is 21.9 Å². The molecule has 0 saturated carbocycles. The van der Waals surface area contributed by atoms with Gasteiger partial charge in [-0.15, -0.1) is 0 Å². The number of ether oxygens (including phenoxy) is 1. The van der Waals surface area contributed by atoms with Crippen molar-refractivity contribution in [2.45, 2.75) is 12.6 Å². The van der Waals surface area contributed by atoms with Crippen LogP contribution in [-0.4, -0.2) is 41.8 Å². The maximum Gasteiger partial charge on any atom is 0.334 e. The minimum absolute atomic E-state index is 0.0181. The van der Waals surface area contributed by atoms with Gasteiger partial charge in [0.05, 0.1) is 11.1 Å². The highest BCUT2D eigenvalue weighted by molar-refractivity contribution is 9.10. The van der Waals surface area contributed by atoms with Crippen molar-refractivity contribution in [3.8, 4) is 0 Å². The zero-order valence-corrected chi connectivity index (χ0v) is 11.5. The second kappa shape index (κ2) is 5.94. The first kappa shape index (κ1) is 14.4. The summed E-state index contributed by atoms with van der Waals surface area (Å²) in [5.74, 6) is -2.36. The summed E-state index contributed by atoms with van der Waals surface area (Å²) in [4.78, 5) is 12.5. The van der Waals surface area contributed by atoms with Crippen LogP contribution in [0.4, 0.5) is 8.78 Å². The van der Waals surface area contributed by atoms with Crippen molar-refractivity contribution in [3.63, 3.8) is 0 Å². The van der Waals surface area contributed by atoms with Crippen molar-refractivity contribution in [1.29, 1.82) is 0 Å². The molecule has 1 aromatic rings. The molecule has 7 heteroatoms. The van der Waals surface area contributed by atoms with Gasteiger partial charge in [0.2, 0.25) is 0 Å². The van der Waals surface area contributed by atoms with E-state index in [2.05, 4.69) is 15.9 Å². The third-order valence-electron chi connectivity index (χ3n) is 2.95. The van der Waals surface area contributed by atoms with E-state index < -0.39 is 23.7 Å². The van der Waals surface area contributed by atoms with Gasteiger partial charge in [0, 0.05) is 25.2 Å². The zero-order chi connectivity index (χ0) is 14.0. The summed E-state index contributed by atoms with van der Waals surface area (Å²) in [6, 6.07) is 2.48. The largest absolute Gasteiger partial charge is 0.479 e. The third-order valence-corrected chi connectivity index (χ3v) is 3.56. The van der Waals surface area contributed by atoms with Crippen LogP contribution in [0, 0.1) is 11.6 Å². The van der Waals surface area contributed by atoms with Crippen molar-refractivity contribution < 1.29 is 23.4 Å². The molecular formula is C12H12BrF2NO3. The smallest absolute Gasteiger partial charge is 0.334 e. The first-order valence-corrected chi connectivity index (χ1v) is 6.47. The fraction of sp³-hybridized carbons (Fsp3) is 0.417. The second-order valence-corrected chi connectivity index (χ2v) is 5.11. The maximum atomic E-state index is 13.8. The molecule has 0 spiro atoms. The lowest BCUT2D eigenvalue weighted by Gasteiger charge is -2.30. The number of halogens is 3. The summed E-state index contributed by atoms with van der Waals surface area (Å²) < 4.78 is 32.7. The number of carboxylic acids is 1. The van der Waals surface area contributed by atoms with E-state index in [9.17, 15) is 13.6 Å². The number of carbonyl (C=O) groups is 1. The molecule has 1 unspecified atom stereocenters. The Morgan fingerprint density at radius 3 is 2.95 bits per heavy atom. The molecular weight excluding hydrogens is 324 g/mol. The Kier molecular flexibility index (Phi) is 4.49. The van der Waals surface area contributed by atoms with Crippen molar-refractivity contribution in [2.24, 2.45) is 0 Å². The van der Waals surface area contributed by atoms with Gasteiger partial charge >= 0.3 is 5.97 Å². The van der Waals surface area contributed by atoms with Crippen LogP contribution in [-0.2, 0) is 16.1 Å². The number of morpholine rings is 1. The maximum absolute atomic E-state index is 13.8. The topological polar surface area (TPSA) is 49.8 Å². The molecule has 19 heavy (non-hydrogen) atoms. The lowest BCUT2D eigenvalue weighted by Crippen LogP contribution is -2.45. The van der Waals surface area contributed by atoms with Gasteiger partial charge in [-0.05, 0) is 28.1 Å². The van der Waals surface area contributed by atoms with E-state index in [1.165, 1.54) is 12.1 Å². The van der Waals surface area contributed by atoms with E-state index in [0.717, 1.165) is 0 Å². The lowest BCUT2D eigenvalue weighted by molar-refractivity contribution is -0.156. The molecule has 2 rings (SSSR count). The number of hydrogen-bond acceptors (Lipinski definition) is 3. The fourth-order valence-electron chi connectivity index (χ4n) is 1.93. The van der Waals surface area contributed by atoms with Crippen LogP contribution in [0.5, 0.6) is 0 Å². The molecule has 4 nitrogen and oxygen atoms in total. The molecule has 0 amide bonds. The van der Waals surface area contributed by atoms with E-state index in [-0.39, 0.29) is 29.7 Å². The SMILES string of the molecule is O=C(O)C1CN(Cc2c(F)ccc(Br)c2F)CCO1. The zero-order valence-electron chi connectivity index (χ0n) is 9.91. The van der Waals surface area contributed by atoms with Gasteiger partial charge in [-0.1, -0.05) is 0 Å². The summed E-state index contributed by atoms with van der Waals surface area (Å²) in [6.45, 7) is 0.800. The summed E-state index contributed by atoms with van der Waals surface area (Å²) >= 11 is 3.00. The van der Waals surface area contributed by atoms with E-state index in [1.807, 2.05) is 0 Å². The highest BCUT2D eigenvalue weighted by Gasteiger charge is 2.27. The molecule has 1 fully saturated rings. The number of benzene rings is 1. The number of rotatable bonds is 3. The number of nitrogens with zero attached hydrogens (tertiary/aromatic N) is 1. The standard InChI is InChI=1S/C12H12BrF2NO3/c13-8-1-2-9(14)7(11(8)15)5-16-3-4-19-10(6-16)12(17)18/h1-2,10H,3-6H2,(H,17,18). The molecule has 1 saturated heterocycles. The molecule has 1 N–H and O–H groups in total. The molecule has 1 aromatic carbocycles. The van der Waals surface area contributed by atoms with Crippen LogP contribution in [0.15, 0.2) is 16.6 Å². The first-order valence-electron chi connectivity index (χ1n) is 5.68. The molecule has 0 aromatic heterocycles. The highest BCUT2D eigenvalue weighted by Crippen LogP contribution is 2.23. The molecule has 0 aliphatic carbocycles. The van der Waals surface area contributed by atoms with Crippen LogP contribution >= 0.6 is 15.9 Å². The predicted molar refractivity (Wildman–Crippen MR) is 66.7 cm³/mol. The van der Waals surface area contributed by atoms with Crippen LogP contribution < -0.4 is 0 Å². The lowest BCUT2D eigenvalue weighted by atomic mass is 10.1. The van der Waals surface area contributed by atoms with Crippen LogP contribution in [0.25, 0.3) is 0 Å². The first-order chi connectivity index (χ1) is 8.99. The Morgan fingerprint density at radius 1 is 1.53 bits per heavy atom. The van der Waals surface area contributed by atoms with Gasteiger partial charge < -0.3 is 9.84 Å². The average molecular weight is 336 g/mol. The van der Waals surface area contributed by atoms with Crippen LogP contribution in [0.1, 0.15) is 5.56 Å². The number of aliphatic carboxylic acids is 1. The van der Waals surface area contributed by atoms with Crippen molar-refractivity contribution in [1.82, 2.24) is 4.90 Å². The summed E-state index contributed by atoms with van der Waals surface area (Å²) in [5.41, 5.74) is -0.0691. The quantitative estimate of drug-likeness (QED) is 0.858. The molecule has 1 heterocycles. The minimum Gasteiger partial charge on any atom is -0.479 e. The summed E-state index contributed by atoms with van der Waals surface area (Å²) in [7, 11) is 0.